The molecule has 1 atom stereocenters. The van der Waals surface area contributed by atoms with E-state index in [1.54, 1.807) is 24.3 Å². The molecule has 142 valence electrons. The van der Waals surface area contributed by atoms with Crippen molar-refractivity contribution in [2.75, 3.05) is 0 Å². The first-order valence-electron chi connectivity index (χ1n) is 9.37. The van der Waals surface area contributed by atoms with Crippen LogP contribution in [0.15, 0.2) is 54.6 Å². The molecule has 0 radical (unpaired) electrons. The molecule has 2 amide bonds. The van der Waals surface area contributed by atoms with Crippen molar-refractivity contribution < 1.29 is 9.59 Å². The van der Waals surface area contributed by atoms with Gasteiger partial charge in [-0.15, -0.1) is 0 Å². The number of halogens is 1. The van der Waals surface area contributed by atoms with Gasteiger partial charge in [0.1, 0.15) is 6.04 Å². The van der Waals surface area contributed by atoms with Gasteiger partial charge in [-0.05, 0) is 36.5 Å². The Hall–Kier alpha value is -2.33. The third kappa shape index (κ3) is 4.89. The van der Waals surface area contributed by atoms with E-state index in [2.05, 4.69) is 5.32 Å². The van der Waals surface area contributed by atoms with E-state index in [0.29, 0.717) is 17.1 Å². The lowest BCUT2D eigenvalue weighted by Gasteiger charge is -2.30. The number of nitrogens with zero attached hydrogens (tertiary/aromatic N) is 1. The van der Waals surface area contributed by atoms with Gasteiger partial charge in [0.05, 0.1) is 10.6 Å². The highest BCUT2D eigenvalue weighted by molar-refractivity contribution is 6.33. The Morgan fingerprint density at radius 1 is 1.07 bits per heavy atom. The summed E-state index contributed by atoms with van der Waals surface area (Å²) < 4.78 is 0. The second-order valence-electron chi connectivity index (χ2n) is 7.36. The summed E-state index contributed by atoms with van der Waals surface area (Å²) in [5, 5.41) is 3.29. The SMILES string of the molecule is CC(C)C(NC(=O)c1ccccc1Cl)C(=O)N(Cc1ccccc1)C1CC1. The zero-order valence-corrected chi connectivity index (χ0v) is 16.4. The normalized spacial score (nSPS) is 14.7. The van der Waals surface area contributed by atoms with Gasteiger partial charge in [-0.25, -0.2) is 0 Å². The van der Waals surface area contributed by atoms with E-state index in [0.717, 1.165) is 18.4 Å². The molecule has 2 aromatic rings. The average Bonchev–Trinajstić information content (AvgIpc) is 3.49. The number of hydrogen-bond acceptors (Lipinski definition) is 2. The molecular weight excluding hydrogens is 360 g/mol. The Kier molecular flexibility index (Phi) is 6.17. The molecule has 1 aliphatic rings. The molecule has 0 spiro atoms. The number of benzene rings is 2. The van der Waals surface area contributed by atoms with Crippen LogP contribution in [-0.4, -0.2) is 28.8 Å². The summed E-state index contributed by atoms with van der Waals surface area (Å²) in [4.78, 5) is 27.9. The van der Waals surface area contributed by atoms with Gasteiger partial charge in [0.15, 0.2) is 0 Å². The molecule has 0 aromatic heterocycles. The fraction of sp³-hybridized carbons (Fsp3) is 0.364. The van der Waals surface area contributed by atoms with Gasteiger partial charge in [-0.3, -0.25) is 9.59 Å². The van der Waals surface area contributed by atoms with Crippen molar-refractivity contribution in [2.45, 2.75) is 45.3 Å². The number of amides is 2. The molecule has 2 aromatic carbocycles. The summed E-state index contributed by atoms with van der Waals surface area (Å²) in [6.07, 6.45) is 2.03. The molecule has 0 bridgehead atoms. The molecule has 1 saturated carbocycles. The van der Waals surface area contributed by atoms with Crippen molar-refractivity contribution in [3.63, 3.8) is 0 Å². The van der Waals surface area contributed by atoms with Crippen LogP contribution in [0.2, 0.25) is 5.02 Å². The third-order valence-electron chi connectivity index (χ3n) is 4.80. The predicted octanol–water partition coefficient (Wildman–Crippen LogP) is 4.29. The van der Waals surface area contributed by atoms with Crippen molar-refractivity contribution in [3.8, 4) is 0 Å². The van der Waals surface area contributed by atoms with Crippen LogP contribution in [-0.2, 0) is 11.3 Å². The van der Waals surface area contributed by atoms with E-state index in [-0.39, 0.29) is 23.8 Å². The van der Waals surface area contributed by atoms with E-state index < -0.39 is 6.04 Å². The molecule has 0 heterocycles. The molecular formula is C22H25ClN2O2. The summed E-state index contributed by atoms with van der Waals surface area (Å²) in [5.41, 5.74) is 1.48. The lowest BCUT2D eigenvalue weighted by Crippen LogP contribution is -2.51. The van der Waals surface area contributed by atoms with Gasteiger partial charge in [0.25, 0.3) is 5.91 Å². The van der Waals surface area contributed by atoms with Gasteiger partial charge >= 0.3 is 0 Å². The van der Waals surface area contributed by atoms with Crippen LogP contribution in [0.5, 0.6) is 0 Å². The highest BCUT2D eigenvalue weighted by Crippen LogP contribution is 2.30. The van der Waals surface area contributed by atoms with Crippen molar-refractivity contribution >= 4 is 23.4 Å². The molecule has 3 rings (SSSR count). The highest BCUT2D eigenvalue weighted by Gasteiger charge is 2.37. The largest absolute Gasteiger partial charge is 0.340 e. The molecule has 0 saturated heterocycles. The van der Waals surface area contributed by atoms with Crippen molar-refractivity contribution in [1.82, 2.24) is 10.2 Å². The molecule has 1 N–H and O–H groups in total. The maximum Gasteiger partial charge on any atom is 0.253 e. The van der Waals surface area contributed by atoms with Gasteiger partial charge in [0.2, 0.25) is 5.91 Å². The summed E-state index contributed by atoms with van der Waals surface area (Å²) in [7, 11) is 0. The first kappa shape index (κ1) is 19.4. The lowest BCUT2D eigenvalue weighted by atomic mass is 10.0. The summed E-state index contributed by atoms with van der Waals surface area (Å²) >= 11 is 6.14. The topological polar surface area (TPSA) is 49.4 Å². The standard InChI is InChI=1S/C22H25ClN2O2/c1-15(2)20(24-21(26)18-10-6-7-11-19(18)23)22(27)25(17-12-13-17)14-16-8-4-3-5-9-16/h3-11,15,17,20H,12-14H2,1-2H3,(H,24,26). The maximum atomic E-state index is 13.3. The van der Waals surface area contributed by atoms with E-state index in [9.17, 15) is 9.59 Å². The summed E-state index contributed by atoms with van der Waals surface area (Å²) in [6, 6.07) is 16.5. The van der Waals surface area contributed by atoms with Gasteiger partial charge < -0.3 is 10.2 Å². The third-order valence-corrected chi connectivity index (χ3v) is 5.13. The first-order valence-corrected chi connectivity index (χ1v) is 9.75. The summed E-state index contributed by atoms with van der Waals surface area (Å²) in [5.74, 6) is -0.374. The fourth-order valence-electron chi connectivity index (χ4n) is 3.11. The lowest BCUT2D eigenvalue weighted by molar-refractivity contribution is -0.135. The molecule has 4 nitrogen and oxygen atoms in total. The number of carbonyl (C=O) groups is 2. The Morgan fingerprint density at radius 2 is 1.70 bits per heavy atom. The maximum absolute atomic E-state index is 13.3. The van der Waals surface area contributed by atoms with E-state index in [1.807, 2.05) is 49.1 Å². The predicted molar refractivity (Wildman–Crippen MR) is 108 cm³/mol. The zero-order valence-electron chi connectivity index (χ0n) is 15.7. The Bertz CT molecular complexity index is 803. The van der Waals surface area contributed by atoms with Crippen LogP contribution in [0.1, 0.15) is 42.6 Å². The fourth-order valence-corrected chi connectivity index (χ4v) is 3.33. The van der Waals surface area contributed by atoms with Crippen LogP contribution in [0.25, 0.3) is 0 Å². The molecule has 0 aliphatic heterocycles. The Labute approximate surface area is 165 Å². The minimum Gasteiger partial charge on any atom is -0.340 e. The van der Waals surface area contributed by atoms with Gasteiger partial charge in [-0.2, -0.15) is 0 Å². The monoisotopic (exact) mass is 384 g/mol. The van der Waals surface area contributed by atoms with Crippen molar-refractivity contribution in [3.05, 3.63) is 70.7 Å². The second-order valence-corrected chi connectivity index (χ2v) is 7.77. The van der Waals surface area contributed by atoms with Crippen molar-refractivity contribution in [1.29, 1.82) is 0 Å². The number of nitrogens with one attached hydrogen (secondary N) is 1. The quantitative estimate of drug-likeness (QED) is 0.774. The van der Waals surface area contributed by atoms with Crippen LogP contribution in [0.4, 0.5) is 0 Å². The Balaban J connectivity index is 1.77. The Morgan fingerprint density at radius 3 is 2.30 bits per heavy atom. The highest BCUT2D eigenvalue weighted by atomic mass is 35.5. The van der Waals surface area contributed by atoms with Crippen molar-refractivity contribution in [2.24, 2.45) is 5.92 Å². The number of carbonyl (C=O) groups excluding carboxylic acids is 2. The zero-order chi connectivity index (χ0) is 19.4. The molecule has 1 unspecified atom stereocenters. The molecule has 5 heteroatoms. The number of rotatable bonds is 7. The van der Waals surface area contributed by atoms with Gasteiger partial charge in [-0.1, -0.05) is 67.9 Å². The van der Waals surface area contributed by atoms with Crippen LogP contribution in [0, 0.1) is 5.92 Å². The minimum absolute atomic E-state index is 0.0269. The molecule has 1 aliphatic carbocycles. The van der Waals surface area contributed by atoms with E-state index >= 15 is 0 Å². The van der Waals surface area contributed by atoms with Crippen LogP contribution >= 0.6 is 11.6 Å². The molecule has 27 heavy (non-hydrogen) atoms. The second kappa shape index (κ2) is 8.57. The summed E-state index contributed by atoms with van der Waals surface area (Å²) in [6.45, 7) is 4.46. The molecule has 1 fully saturated rings. The average molecular weight is 385 g/mol. The van der Waals surface area contributed by atoms with E-state index in [4.69, 9.17) is 11.6 Å². The minimum atomic E-state index is -0.585. The first-order chi connectivity index (χ1) is 13.0. The van der Waals surface area contributed by atoms with Crippen LogP contribution < -0.4 is 5.32 Å². The van der Waals surface area contributed by atoms with Crippen LogP contribution in [0.3, 0.4) is 0 Å². The van der Waals surface area contributed by atoms with E-state index in [1.165, 1.54) is 0 Å². The number of hydrogen-bond donors (Lipinski definition) is 1. The smallest absolute Gasteiger partial charge is 0.253 e. The van der Waals surface area contributed by atoms with Gasteiger partial charge in [0, 0.05) is 12.6 Å².